The Bertz CT molecular complexity index is 1710. The zero-order valence-electron chi connectivity index (χ0n) is 25.5. The van der Waals surface area contributed by atoms with Gasteiger partial charge in [-0.1, -0.05) is 37.3 Å². The predicted octanol–water partition coefficient (Wildman–Crippen LogP) is 5.08. The van der Waals surface area contributed by atoms with Crippen LogP contribution < -0.4 is 15.0 Å². The number of carbonyl (C=O) groups excluding carboxylic acids is 2. The second-order valence-corrected chi connectivity index (χ2v) is 16.4. The molecule has 0 bridgehead atoms. The Balaban J connectivity index is 1.28. The molecule has 2 amide bonds. The van der Waals surface area contributed by atoms with E-state index in [1.165, 1.54) is 0 Å². The van der Waals surface area contributed by atoms with Crippen LogP contribution in [0.1, 0.15) is 30.0 Å². The zero-order valence-corrected chi connectivity index (χ0v) is 26.5. The van der Waals surface area contributed by atoms with E-state index in [0.717, 1.165) is 27.7 Å². The molecule has 0 aliphatic carbocycles. The number of hydrogen-bond donors (Lipinski definition) is 4. The maximum absolute atomic E-state index is 14.5. The van der Waals surface area contributed by atoms with Gasteiger partial charge in [-0.05, 0) is 67.0 Å². The number of H-pyrrole nitrogens is 1. The van der Waals surface area contributed by atoms with Gasteiger partial charge in [0.15, 0.2) is 13.9 Å². The number of nitrogens with one attached hydrogen (secondary N) is 2. The molecule has 1 aromatic heterocycles. The molecule has 44 heavy (non-hydrogen) atoms. The molecule has 1 saturated heterocycles. The first-order valence-electron chi connectivity index (χ1n) is 15.0. The number of carbonyl (C=O) groups is 2. The standard InChI is InChI=1S/C34H39N3O6Si/c1-21-32(44(3,4)41)30(14-15-38)43-34(21)27-18-25(42-2)12-13-29(27)37(33(34)40)20-22-8-7-9-24(16-22)36-31(39)17-23-19-35-28-11-6-5-10-26(23)28/h5-13,16,18-19,21,30,32,35,38,41H,14-15,17,20H2,1-4H3,(H,36,39)/t21-,30+,32-,34+/m1/s1. The van der Waals surface area contributed by atoms with Gasteiger partial charge < -0.3 is 34.6 Å². The number of fused-ring (bicyclic) bond motifs is 3. The summed E-state index contributed by atoms with van der Waals surface area (Å²) in [5.41, 5.74) is 3.26. The van der Waals surface area contributed by atoms with Crippen LogP contribution in [-0.2, 0) is 32.9 Å². The molecule has 9 nitrogen and oxygen atoms in total. The highest BCUT2D eigenvalue weighted by atomic mass is 28.4. The molecule has 0 saturated carbocycles. The Morgan fingerprint density at radius 1 is 1.14 bits per heavy atom. The van der Waals surface area contributed by atoms with Crippen molar-refractivity contribution in [3.05, 3.63) is 89.6 Å². The number of aromatic amines is 1. The molecular formula is C34H39N3O6Si. The first-order valence-corrected chi connectivity index (χ1v) is 18.0. The van der Waals surface area contributed by atoms with E-state index in [1.54, 1.807) is 12.0 Å². The van der Waals surface area contributed by atoms with Crippen molar-refractivity contribution < 1.29 is 29.0 Å². The molecule has 3 aromatic carbocycles. The first-order chi connectivity index (χ1) is 21.1. The number of anilines is 2. The van der Waals surface area contributed by atoms with Gasteiger partial charge >= 0.3 is 0 Å². The topological polar surface area (TPSA) is 124 Å². The molecule has 4 N–H and O–H groups in total. The Hall–Kier alpha value is -3.96. The number of aromatic nitrogens is 1. The lowest BCUT2D eigenvalue weighted by Gasteiger charge is -2.32. The van der Waals surface area contributed by atoms with Crippen LogP contribution in [0.3, 0.4) is 0 Å². The van der Waals surface area contributed by atoms with Crippen LogP contribution in [0.15, 0.2) is 72.9 Å². The third-order valence-electron chi connectivity index (χ3n) is 9.18. The lowest BCUT2D eigenvalue weighted by atomic mass is 9.82. The number of amides is 2. The summed E-state index contributed by atoms with van der Waals surface area (Å²) in [7, 11) is -1.21. The SMILES string of the molecule is COc1ccc2c(c1)[C@]1(O[C@@H](CCO)[C@H]([Si](C)(C)O)[C@H]1C)C(=O)N2Cc1cccc(NC(=O)Cc2c[nH]c3ccccc23)c1. The summed E-state index contributed by atoms with van der Waals surface area (Å²) in [5, 5.41) is 13.9. The second kappa shape index (κ2) is 11.5. The molecule has 1 spiro atoms. The van der Waals surface area contributed by atoms with E-state index in [1.807, 2.05) is 92.9 Å². The first kappa shape index (κ1) is 30.1. The number of ether oxygens (including phenoxy) is 2. The van der Waals surface area contributed by atoms with Crippen LogP contribution in [0, 0.1) is 5.92 Å². The van der Waals surface area contributed by atoms with Crippen molar-refractivity contribution in [1.29, 1.82) is 0 Å². The van der Waals surface area contributed by atoms with Gasteiger partial charge in [0, 0.05) is 46.4 Å². The van der Waals surface area contributed by atoms with Crippen LogP contribution >= 0.6 is 0 Å². The van der Waals surface area contributed by atoms with Crippen LogP contribution in [0.2, 0.25) is 18.6 Å². The van der Waals surface area contributed by atoms with Crippen LogP contribution in [0.5, 0.6) is 5.75 Å². The van der Waals surface area contributed by atoms with Gasteiger partial charge in [-0.2, -0.15) is 0 Å². The van der Waals surface area contributed by atoms with Crippen LogP contribution in [-0.4, -0.2) is 54.8 Å². The van der Waals surface area contributed by atoms with Gasteiger partial charge in [0.2, 0.25) is 5.91 Å². The van der Waals surface area contributed by atoms with Crippen molar-refractivity contribution in [2.45, 2.75) is 56.7 Å². The van der Waals surface area contributed by atoms with Gasteiger partial charge in [0.1, 0.15) is 5.75 Å². The number of benzene rings is 3. The zero-order chi connectivity index (χ0) is 31.2. The van der Waals surface area contributed by atoms with Crippen LogP contribution in [0.4, 0.5) is 11.4 Å². The molecule has 3 heterocycles. The summed E-state index contributed by atoms with van der Waals surface area (Å²) in [6.45, 7) is 5.86. The molecule has 0 radical (unpaired) electrons. The Morgan fingerprint density at radius 2 is 1.93 bits per heavy atom. The highest BCUT2D eigenvalue weighted by Crippen LogP contribution is 2.60. The fourth-order valence-electron chi connectivity index (χ4n) is 7.32. The summed E-state index contributed by atoms with van der Waals surface area (Å²) in [5.74, 6) is -0.0587. The highest BCUT2D eigenvalue weighted by Gasteiger charge is 2.66. The number of rotatable bonds is 9. The second-order valence-electron chi connectivity index (χ2n) is 12.4. The number of para-hydroxylation sites is 1. The third-order valence-corrected chi connectivity index (χ3v) is 11.7. The molecule has 4 atom stereocenters. The average molecular weight is 614 g/mol. The van der Waals surface area contributed by atoms with E-state index in [0.29, 0.717) is 23.4 Å². The van der Waals surface area contributed by atoms with E-state index in [2.05, 4.69) is 10.3 Å². The van der Waals surface area contributed by atoms with Crippen molar-refractivity contribution in [2.24, 2.45) is 5.92 Å². The molecule has 4 aromatic rings. The summed E-state index contributed by atoms with van der Waals surface area (Å²) in [6.07, 6.45) is 1.97. The normalized spacial score (nSPS) is 23.0. The summed E-state index contributed by atoms with van der Waals surface area (Å²) < 4.78 is 12.2. The number of aliphatic hydroxyl groups excluding tert-OH is 1. The highest BCUT2D eigenvalue weighted by molar-refractivity contribution is 6.71. The van der Waals surface area contributed by atoms with Gasteiger partial charge in [-0.3, -0.25) is 9.59 Å². The number of methoxy groups -OCH3 is 1. The van der Waals surface area contributed by atoms with E-state index >= 15 is 0 Å². The maximum Gasteiger partial charge on any atom is 0.264 e. The lowest BCUT2D eigenvalue weighted by molar-refractivity contribution is -0.146. The van der Waals surface area contributed by atoms with Crippen molar-refractivity contribution in [2.75, 3.05) is 23.9 Å². The Kier molecular flexibility index (Phi) is 7.87. The molecule has 1 fully saturated rings. The minimum absolute atomic E-state index is 0.101. The Morgan fingerprint density at radius 3 is 2.68 bits per heavy atom. The van der Waals surface area contributed by atoms with Crippen LogP contribution in [0.25, 0.3) is 10.9 Å². The average Bonchev–Trinajstić information content (AvgIpc) is 3.60. The molecule has 2 aliphatic rings. The van der Waals surface area contributed by atoms with E-state index < -0.39 is 20.0 Å². The Labute approximate surface area is 257 Å². The van der Waals surface area contributed by atoms with Crippen molar-refractivity contribution in [1.82, 2.24) is 4.98 Å². The van der Waals surface area contributed by atoms with Gasteiger partial charge in [0.25, 0.3) is 5.91 Å². The molecule has 6 rings (SSSR count). The largest absolute Gasteiger partial charge is 0.497 e. The number of hydrogen-bond acceptors (Lipinski definition) is 6. The minimum Gasteiger partial charge on any atom is -0.497 e. The minimum atomic E-state index is -2.79. The van der Waals surface area contributed by atoms with E-state index in [9.17, 15) is 19.5 Å². The third kappa shape index (κ3) is 5.11. The van der Waals surface area contributed by atoms with Gasteiger partial charge in [-0.15, -0.1) is 0 Å². The number of aliphatic hydroxyl groups is 1. The summed E-state index contributed by atoms with van der Waals surface area (Å²) >= 11 is 0. The summed E-state index contributed by atoms with van der Waals surface area (Å²) in [4.78, 5) is 43.8. The van der Waals surface area contributed by atoms with Crippen molar-refractivity contribution in [3.8, 4) is 5.75 Å². The summed E-state index contributed by atoms with van der Waals surface area (Å²) in [6, 6.07) is 21.0. The molecule has 230 valence electrons. The molecular weight excluding hydrogens is 574 g/mol. The quantitative estimate of drug-likeness (QED) is 0.195. The van der Waals surface area contributed by atoms with Crippen molar-refractivity contribution >= 4 is 42.4 Å². The van der Waals surface area contributed by atoms with Crippen molar-refractivity contribution in [3.63, 3.8) is 0 Å². The monoisotopic (exact) mass is 613 g/mol. The van der Waals surface area contributed by atoms with E-state index in [4.69, 9.17) is 9.47 Å². The maximum atomic E-state index is 14.5. The predicted molar refractivity (Wildman–Crippen MR) is 172 cm³/mol. The van der Waals surface area contributed by atoms with E-state index in [-0.39, 0.29) is 42.8 Å². The van der Waals surface area contributed by atoms with Gasteiger partial charge in [-0.25, -0.2) is 0 Å². The van der Waals surface area contributed by atoms with Gasteiger partial charge in [0.05, 0.1) is 31.9 Å². The molecule has 2 aliphatic heterocycles. The number of nitrogens with zero attached hydrogens (tertiary/aromatic N) is 1. The fourth-order valence-corrected chi connectivity index (χ4v) is 9.93. The molecule has 0 unspecified atom stereocenters. The smallest absolute Gasteiger partial charge is 0.264 e. The lowest BCUT2D eigenvalue weighted by Crippen LogP contribution is -2.46. The molecule has 10 heteroatoms. The fraction of sp³-hybridized carbons (Fsp3) is 0.353.